The van der Waals surface area contributed by atoms with Crippen LogP contribution in [0.2, 0.25) is 0 Å². The normalized spacial score (nSPS) is 17.8. The molecule has 1 N–H and O–H groups in total. The standard InChI is InChI=1S/C35H31N2O5PS/c1-41-27-19-17-25(18-20-27)21-42-35(40)32-26(23-44-34-31(36-24-38)33(39)37(32)34)22-43(28-11-5-2-6-12-28,29-13-7-3-8-14-29)30-15-9-4-10-16-30/h2-20,24,31,34H,21-23H2,1H3/p+1/t31?,34-/m0/s1. The Bertz CT molecular complexity index is 1570. The van der Waals surface area contributed by atoms with Gasteiger partial charge in [0.1, 0.15) is 52.6 Å². The van der Waals surface area contributed by atoms with E-state index in [4.69, 9.17) is 9.47 Å². The number of carbonyl (C=O) groups excluding carboxylic acids is 3. The third kappa shape index (κ3) is 5.51. The molecule has 0 radical (unpaired) electrons. The van der Waals surface area contributed by atoms with Gasteiger partial charge in [0.05, 0.1) is 13.3 Å². The molecular weight excluding hydrogens is 591 g/mol. The highest BCUT2D eigenvalue weighted by molar-refractivity contribution is 8.00. The van der Waals surface area contributed by atoms with E-state index in [-0.39, 0.29) is 23.6 Å². The molecule has 1 saturated heterocycles. The van der Waals surface area contributed by atoms with Crippen molar-refractivity contribution in [1.82, 2.24) is 10.2 Å². The molecule has 2 atom stereocenters. The van der Waals surface area contributed by atoms with Gasteiger partial charge in [0, 0.05) is 11.3 Å². The number of amides is 2. The van der Waals surface area contributed by atoms with E-state index in [0.29, 0.717) is 24.1 Å². The molecule has 2 amide bonds. The van der Waals surface area contributed by atoms with Crippen molar-refractivity contribution >= 4 is 53.2 Å². The van der Waals surface area contributed by atoms with Gasteiger partial charge in [-0.1, -0.05) is 66.7 Å². The van der Waals surface area contributed by atoms with Crippen LogP contribution in [0, 0.1) is 0 Å². The second kappa shape index (κ2) is 13.1. The maximum atomic E-state index is 14.0. The molecule has 0 bridgehead atoms. The minimum atomic E-state index is -2.36. The molecule has 2 aliphatic heterocycles. The van der Waals surface area contributed by atoms with Crippen molar-refractivity contribution in [1.29, 1.82) is 0 Å². The average molecular weight is 624 g/mol. The van der Waals surface area contributed by atoms with Crippen molar-refractivity contribution in [3.63, 3.8) is 0 Å². The molecule has 0 aliphatic carbocycles. The van der Waals surface area contributed by atoms with Gasteiger partial charge in [0.2, 0.25) is 6.41 Å². The Kier molecular flexibility index (Phi) is 8.82. The van der Waals surface area contributed by atoms with Crippen LogP contribution < -0.4 is 26.0 Å². The zero-order valence-electron chi connectivity index (χ0n) is 24.2. The van der Waals surface area contributed by atoms with Crippen molar-refractivity contribution in [3.05, 3.63) is 132 Å². The first kappa shape index (κ1) is 29.7. The van der Waals surface area contributed by atoms with E-state index in [2.05, 4.69) is 78.1 Å². The van der Waals surface area contributed by atoms with Gasteiger partial charge in [-0.2, -0.15) is 0 Å². The fourth-order valence-corrected chi connectivity index (χ4v) is 11.7. The van der Waals surface area contributed by atoms with Gasteiger partial charge in [0.25, 0.3) is 5.91 Å². The van der Waals surface area contributed by atoms with E-state index >= 15 is 0 Å². The van der Waals surface area contributed by atoms with Crippen LogP contribution in [0.3, 0.4) is 0 Å². The fourth-order valence-electron chi connectivity index (χ4n) is 5.88. The van der Waals surface area contributed by atoms with Gasteiger partial charge in [-0.3, -0.25) is 14.5 Å². The summed E-state index contributed by atoms with van der Waals surface area (Å²) in [6, 6.07) is 37.9. The van der Waals surface area contributed by atoms with Crippen LogP contribution in [-0.4, -0.2) is 53.6 Å². The topological polar surface area (TPSA) is 84.9 Å². The van der Waals surface area contributed by atoms with Gasteiger partial charge in [-0.15, -0.1) is 11.8 Å². The fraction of sp³-hybridized carbons (Fsp3) is 0.171. The molecule has 2 heterocycles. The lowest BCUT2D eigenvalue weighted by atomic mass is 10.0. The summed E-state index contributed by atoms with van der Waals surface area (Å²) in [5.74, 6) is 0.366. The molecule has 7 nitrogen and oxygen atoms in total. The summed E-state index contributed by atoms with van der Waals surface area (Å²) in [7, 11) is -0.760. The minimum absolute atomic E-state index is 0.0474. The van der Waals surface area contributed by atoms with Crippen LogP contribution in [0.4, 0.5) is 0 Å². The number of β-lactam (4-membered cyclic amide) rings is 1. The van der Waals surface area contributed by atoms with Gasteiger partial charge in [0.15, 0.2) is 0 Å². The lowest BCUT2D eigenvalue weighted by molar-refractivity contribution is -0.152. The smallest absolute Gasteiger partial charge is 0.355 e. The van der Waals surface area contributed by atoms with E-state index in [1.807, 2.05) is 42.5 Å². The van der Waals surface area contributed by atoms with Gasteiger partial charge >= 0.3 is 5.97 Å². The van der Waals surface area contributed by atoms with E-state index < -0.39 is 19.3 Å². The van der Waals surface area contributed by atoms with Crippen LogP contribution in [0.1, 0.15) is 5.56 Å². The highest BCUT2D eigenvalue weighted by atomic mass is 32.2. The first-order valence-electron chi connectivity index (χ1n) is 14.3. The first-order chi connectivity index (χ1) is 21.6. The molecule has 1 fully saturated rings. The van der Waals surface area contributed by atoms with Crippen molar-refractivity contribution in [2.45, 2.75) is 18.0 Å². The molecule has 0 saturated carbocycles. The molecule has 0 spiro atoms. The molecule has 6 rings (SSSR count). The number of hydrogen-bond acceptors (Lipinski definition) is 6. The van der Waals surface area contributed by atoms with E-state index in [9.17, 15) is 14.4 Å². The van der Waals surface area contributed by atoms with Gasteiger partial charge in [-0.25, -0.2) is 4.79 Å². The van der Waals surface area contributed by atoms with Gasteiger partial charge < -0.3 is 14.8 Å². The molecule has 9 heteroatoms. The number of hydrogen-bond donors (Lipinski definition) is 1. The number of ether oxygens (including phenoxy) is 2. The summed E-state index contributed by atoms with van der Waals surface area (Å²) >= 11 is 1.56. The number of thioether (sulfide) groups is 1. The lowest BCUT2D eigenvalue weighted by Gasteiger charge is -2.49. The monoisotopic (exact) mass is 623 g/mol. The summed E-state index contributed by atoms with van der Waals surface area (Å²) < 4.78 is 11.1. The predicted octanol–water partition coefficient (Wildman–Crippen LogP) is 4.02. The Hall–Kier alpha value is -4.39. The average Bonchev–Trinajstić information content (AvgIpc) is 3.09. The zero-order chi connectivity index (χ0) is 30.5. The van der Waals surface area contributed by atoms with Gasteiger partial charge in [-0.05, 0) is 54.1 Å². The van der Waals surface area contributed by atoms with Crippen LogP contribution in [0.15, 0.2) is 127 Å². The third-order valence-corrected chi connectivity index (χ3v) is 13.8. The van der Waals surface area contributed by atoms with E-state index in [1.54, 1.807) is 18.9 Å². The Morgan fingerprint density at radius 3 is 1.93 bits per heavy atom. The third-order valence-electron chi connectivity index (χ3n) is 8.04. The van der Waals surface area contributed by atoms with E-state index in [0.717, 1.165) is 11.1 Å². The van der Waals surface area contributed by atoms with Crippen LogP contribution in [0.5, 0.6) is 5.75 Å². The maximum absolute atomic E-state index is 14.0. The number of nitrogens with one attached hydrogen (secondary N) is 1. The number of nitrogens with zero attached hydrogens (tertiary/aromatic N) is 1. The number of fused-ring (bicyclic) bond motifs is 1. The molecule has 4 aromatic rings. The SMILES string of the molecule is COc1ccc(COC(=O)C2=C(C[P+](c3ccccc3)(c3ccccc3)c3ccccc3)CS[C@H]3C(NC=O)C(=O)N23)cc1. The summed E-state index contributed by atoms with van der Waals surface area (Å²) in [6.45, 7) is 0.0474. The minimum Gasteiger partial charge on any atom is -0.497 e. The second-order valence-electron chi connectivity index (χ2n) is 10.5. The molecule has 44 heavy (non-hydrogen) atoms. The van der Waals surface area contributed by atoms with Crippen molar-refractivity contribution < 1.29 is 23.9 Å². The number of esters is 1. The molecular formula is C35H32N2O5PS+. The summed E-state index contributed by atoms with van der Waals surface area (Å²) in [5.41, 5.74) is 1.94. The van der Waals surface area contributed by atoms with Crippen molar-refractivity contribution in [2.75, 3.05) is 19.0 Å². The molecule has 0 aromatic heterocycles. The number of rotatable bonds is 11. The summed E-state index contributed by atoms with van der Waals surface area (Å²) in [4.78, 5) is 40.2. The second-order valence-corrected chi connectivity index (χ2v) is 15.1. The van der Waals surface area contributed by atoms with Crippen LogP contribution >= 0.6 is 19.0 Å². The zero-order valence-corrected chi connectivity index (χ0v) is 25.9. The quantitative estimate of drug-likeness (QED) is 0.118. The lowest BCUT2D eigenvalue weighted by Crippen LogP contribution is -2.69. The summed E-state index contributed by atoms with van der Waals surface area (Å²) in [6.07, 6.45) is 1.09. The Labute approximate surface area is 261 Å². The number of benzene rings is 4. The highest BCUT2D eigenvalue weighted by Crippen LogP contribution is 2.58. The largest absolute Gasteiger partial charge is 0.497 e. The van der Waals surface area contributed by atoms with Crippen molar-refractivity contribution in [2.24, 2.45) is 0 Å². The maximum Gasteiger partial charge on any atom is 0.355 e. The summed E-state index contributed by atoms with van der Waals surface area (Å²) in [5, 5.41) is 5.79. The number of methoxy groups -OCH3 is 1. The van der Waals surface area contributed by atoms with Crippen LogP contribution in [-0.2, 0) is 25.7 Å². The van der Waals surface area contributed by atoms with Crippen molar-refractivity contribution in [3.8, 4) is 5.75 Å². The van der Waals surface area contributed by atoms with Crippen LogP contribution in [0.25, 0.3) is 0 Å². The first-order valence-corrected chi connectivity index (χ1v) is 17.3. The predicted molar refractivity (Wildman–Crippen MR) is 176 cm³/mol. The Morgan fingerprint density at radius 1 is 0.886 bits per heavy atom. The highest BCUT2D eigenvalue weighted by Gasteiger charge is 2.56. The van der Waals surface area contributed by atoms with E-state index in [1.165, 1.54) is 20.8 Å². The Balaban J connectivity index is 1.46. The molecule has 2 aliphatic rings. The Morgan fingerprint density at radius 2 is 1.43 bits per heavy atom. The molecule has 1 unspecified atom stereocenters. The number of carbonyl (C=O) groups is 3. The molecule has 4 aromatic carbocycles. The molecule has 222 valence electrons.